The molecule has 0 aliphatic carbocycles. The topological polar surface area (TPSA) is 70.1 Å². The number of ether oxygens (including phenoxy) is 1. The maximum Gasteiger partial charge on any atom is 0.327 e. The van der Waals surface area contributed by atoms with Gasteiger partial charge in [0.25, 0.3) is 5.91 Å². The predicted molar refractivity (Wildman–Crippen MR) is 84.0 cm³/mol. The van der Waals surface area contributed by atoms with Gasteiger partial charge in [-0.3, -0.25) is 9.69 Å². The zero-order valence-corrected chi connectivity index (χ0v) is 13.4. The average Bonchev–Trinajstić information content (AvgIpc) is 3.09. The molecular weight excluding hydrogens is 320 g/mol. The van der Waals surface area contributed by atoms with E-state index in [0.717, 1.165) is 16.9 Å². The molecule has 0 unspecified atom stereocenters. The van der Waals surface area contributed by atoms with E-state index in [1.807, 2.05) is 18.2 Å². The number of rotatable bonds is 6. The van der Waals surface area contributed by atoms with Gasteiger partial charge in [-0.25, -0.2) is 4.79 Å². The molecule has 2 heterocycles. The molecule has 0 spiro atoms. The standard InChI is InChI=1S/C16H19ClN2O4/c17-13-5-2-1-4-11(13)9-23-10-12(20)8-19-15(21)14-6-3-7-18(14)16(19)22/h1-2,4-5,12,14,20H,3,6-10H2/t12-,14-/m0/s1. The lowest BCUT2D eigenvalue weighted by atomic mass is 10.2. The van der Waals surface area contributed by atoms with Crippen LogP contribution in [0.15, 0.2) is 24.3 Å². The monoisotopic (exact) mass is 338 g/mol. The van der Waals surface area contributed by atoms with E-state index in [4.69, 9.17) is 16.3 Å². The van der Waals surface area contributed by atoms with Crippen LogP contribution >= 0.6 is 11.6 Å². The quantitative estimate of drug-likeness (QED) is 0.801. The molecule has 2 aliphatic heterocycles. The largest absolute Gasteiger partial charge is 0.389 e. The normalized spacial score (nSPS) is 21.9. The Kier molecular flexibility index (Phi) is 4.84. The van der Waals surface area contributed by atoms with E-state index in [-0.39, 0.29) is 37.7 Å². The van der Waals surface area contributed by atoms with Crippen LogP contribution < -0.4 is 0 Å². The number of hydrogen-bond donors (Lipinski definition) is 1. The Balaban J connectivity index is 1.48. The molecule has 1 aromatic carbocycles. The van der Waals surface area contributed by atoms with Gasteiger partial charge >= 0.3 is 6.03 Å². The average molecular weight is 339 g/mol. The second-order valence-corrected chi connectivity index (χ2v) is 6.25. The zero-order valence-electron chi connectivity index (χ0n) is 12.7. The molecule has 2 atom stereocenters. The number of carbonyl (C=O) groups is 2. The number of aliphatic hydroxyl groups excluding tert-OH is 1. The number of benzene rings is 1. The summed E-state index contributed by atoms with van der Waals surface area (Å²) in [6.45, 7) is 0.887. The Bertz CT molecular complexity index is 587. The molecule has 0 bridgehead atoms. The van der Waals surface area contributed by atoms with Gasteiger partial charge in [0.1, 0.15) is 6.04 Å². The van der Waals surface area contributed by atoms with Gasteiger partial charge in [0.15, 0.2) is 0 Å². The molecule has 3 amide bonds. The Morgan fingerprint density at radius 3 is 2.87 bits per heavy atom. The van der Waals surface area contributed by atoms with Crippen LogP contribution in [0.2, 0.25) is 5.02 Å². The number of fused-ring (bicyclic) bond motifs is 1. The summed E-state index contributed by atoms with van der Waals surface area (Å²) in [5, 5.41) is 10.6. The molecule has 1 N–H and O–H groups in total. The van der Waals surface area contributed by atoms with Crippen molar-refractivity contribution >= 4 is 23.5 Å². The molecule has 3 rings (SSSR count). The molecule has 0 radical (unpaired) electrons. The first-order valence-corrected chi connectivity index (χ1v) is 8.07. The number of halogens is 1. The Labute approximate surface area is 139 Å². The third kappa shape index (κ3) is 3.34. The van der Waals surface area contributed by atoms with Crippen molar-refractivity contribution in [3.05, 3.63) is 34.9 Å². The first-order valence-electron chi connectivity index (χ1n) is 7.69. The number of hydrogen-bond acceptors (Lipinski definition) is 4. The van der Waals surface area contributed by atoms with Gasteiger partial charge in [-0.05, 0) is 24.5 Å². The molecule has 6 nitrogen and oxygen atoms in total. The highest BCUT2D eigenvalue weighted by Crippen LogP contribution is 2.27. The van der Waals surface area contributed by atoms with Crippen LogP contribution in [-0.2, 0) is 16.1 Å². The third-order valence-corrected chi connectivity index (χ3v) is 4.57. The lowest BCUT2D eigenvalue weighted by molar-refractivity contribution is -0.129. The van der Waals surface area contributed by atoms with Crippen molar-refractivity contribution in [3.63, 3.8) is 0 Å². The minimum atomic E-state index is -0.912. The SMILES string of the molecule is O=C1[C@@H]2CCCN2C(=O)N1C[C@H](O)COCc1ccccc1Cl. The van der Waals surface area contributed by atoms with Crippen molar-refractivity contribution in [2.45, 2.75) is 31.6 Å². The van der Waals surface area contributed by atoms with Crippen molar-refractivity contribution in [1.29, 1.82) is 0 Å². The summed E-state index contributed by atoms with van der Waals surface area (Å²) in [6.07, 6.45) is 0.657. The smallest absolute Gasteiger partial charge is 0.327 e. The molecule has 1 aromatic rings. The van der Waals surface area contributed by atoms with E-state index in [9.17, 15) is 14.7 Å². The zero-order chi connectivity index (χ0) is 16.4. The second kappa shape index (κ2) is 6.86. The van der Waals surface area contributed by atoms with E-state index in [0.29, 0.717) is 18.0 Å². The number of imide groups is 1. The van der Waals surface area contributed by atoms with Crippen LogP contribution in [0.5, 0.6) is 0 Å². The fraction of sp³-hybridized carbons (Fsp3) is 0.500. The number of nitrogens with zero attached hydrogens (tertiary/aromatic N) is 2. The summed E-state index contributed by atoms with van der Waals surface area (Å²) < 4.78 is 5.44. The molecule has 2 fully saturated rings. The minimum absolute atomic E-state index is 0.0345. The number of amides is 3. The highest BCUT2D eigenvalue weighted by molar-refractivity contribution is 6.31. The molecular formula is C16H19ClN2O4. The van der Waals surface area contributed by atoms with E-state index >= 15 is 0 Å². The number of aliphatic hydroxyl groups is 1. The maximum absolute atomic E-state index is 12.2. The summed E-state index contributed by atoms with van der Waals surface area (Å²) >= 11 is 6.02. The summed E-state index contributed by atoms with van der Waals surface area (Å²) in [4.78, 5) is 27.0. The van der Waals surface area contributed by atoms with Gasteiger partial charge < -0.3 is 14.7 Å². The van der Waals surface area contributed by atoms with Gasteiger partial charge in [0.2, 0.25) is 0 Å². The second-order valence-electron chi connectivity index (χ2n) is 5.84. The van der Waals surface area contributed by atoms with Crippen LogP contribution in [0.3, 0.4) is 0 Å². The molecule has 23 heavy (non-hydrogen) atoms. The number of β-amino-alcohol motifs (C(OH)–C–C–N with tert-alkyl or cyclic N) is 1. The summed E-state index contributed by atoms with van der Waals surface area (Å²) in [5.41, 5.74) is 0.829. The summed E-state index contributed by atoms with van der Waals surface area (Å²) in [6, 6.07) is 6.66. The minimum Gasteiger partial charge on any atom is -0.389 e. The van der Waals surface area contributed by atoms with Crippen molar-refractivity contribution in [1.82, 2.24) is 9.80 Å². The van der Waals surface area contributed by atoms with Crippen molar-refractivity contribution in [2.75, 3.05) is 19.7 Å². The summed E-state index contributed by atoms with van der Waals surface area (Å²) in [5.74, 6) is -0.211. The lowest BCUT2D eigenvalue weighted by Crippen LogP contribution is -2.40. The molecule has 7 heteroatoms. The van der Waals surface area contributed by atoms with E-state index < -0.39 is 6.10 Å². The Morgan fingerprint density at radius 1 is 1.35 bits per heavy atom. The Hall–Kier alpha value is -1.63. The van der Waals surface area contributed by atoms with E-state index in [1.54, 1.807) is 11.0 Å². The Morgan fingerprint density at radius 2 is 2.13 bits per heavy atom. The van der Waals surface area contributed by atoms with Crippen LogP contribution in [0.4, 0.5) is 4.79 Å². The van der Waals surface area contributed by atoms with Gasteiger partial charge in [0, 0.05) is 11.6 Å². The highest BCUT2D eigenvalue weighted by atomic mass is 35.5. The maximum atomic E-state index is 12.2. The van der Waals surface area contributed by atoms with Crippen molar-refractivity contribution in [3.8, 4) is 0 Å². The van der Waals surface area contributed by atoms with Gasteiger partial charge in [-0.1, -0.05) is 29.8 Å². The van der Waals surface area contributed by atoms with Crippen LogP contribution in [0, 0.1) is 0 Å². The molecule has 2 aliphatic rings. The van der Waals surface area contributed by atoms with E-state index in [1.165, 1.54) is 0 Å². The van der Waals surface area contributed by atoms with Gasteiger partial charge in [-0.2, -0.15) is 0 Å². The van der Waals surface area contributed by atoms with Gasteiger partial charge in [-0.15, -0.1) is 0 Å². The third-order valence-electron chi connectivity index (χ3n) is 4.20. The van der Waals surface area contributed by atoms with Crippen LogP contribution in [0.25, 0.3) is 0 Å². The van der Waals surface area contributed by atoms with Crippen LogP contribution in [-0.4, -0.2) is 58.7 Å². The van der Waals surface area contributed by atoms with Crippen molar-refractivity contribution < 1.29 is 19.4 Å². The highest BCUT2D eigenvalue weighted by Gasteiger charge is 2.47. The predicted octanol–water partition coefficient (Wildman–Crippen LogP) is 1.64. The fourth-order valence-electron chi connectivity index (χ4n) is 3.03. The first kappa shape index (κ1) is 16.2. The van der Waals surface area contributed by atoms with Gasteiger partial charge in [0.05, 0.1) is 25.9 Å². The van der Waals surface area contributed by atoms with E-state index in [2.05, 4.69) is 0 Å². The number of urea groups is 1. The van der Waals surface area contributed by atoms with Crippen LogP contribution in [0.1, 0.15) is 18.4 Å². The molecule has 0 saturated carbocycles. The fourth-order valence-corrected chi connectivity index (χ4v) is 3.22. The molecule has 0 aromatic heterocycles. The van der Waals surface area contributed by atoms with Crippen molar-refractivity contribution in [2.24, 2.45) is 0 Å². The number of carbonyl (C=O) groups excluding carboxylic acids is 2. The lowest BCUT2D eigenvalue weighted by Gasteiger charge is -2.19. The molecule has 124 valence electrons. The summed E-state index contributed by atoms with van der Waals surface area (Å²) in [7, 11) is 0. The molecule has 2 saturated heterocycles. The first-order chi connectivity index (χ1) is 11.1.